The molecule has 0 N–H and O–H groups in total. The van der Waals surface area contributed by atoms with E-state index in [1.807, 2.05) is 12.1 Å². The van der Waals surface area contributed by atoms with Gasteiger partial charge in [-0.2, -0.15) is 10.5 Å². The molecule has 0 unspecified atom stereocenters. The van der Waals surface area contributed by atoms with Crippen LogP contribution in [0.5, 0.6) is 0 Å². The second-order valence-corrected chi connectivity index (χ2v) is 8.30. The van der Waals surface area contributed by atoms with Crippen LogP contribution >= 0.6 is 0 Å². The predicted molar refractivity (Wildman–Crippen MR) is 105 cm³/mol. The number of rotatable bonds is 5. The monoisotopic (exact) mass is 346 g/mol. The van der Waals surface area contributed by atoms with E-state index in [0.29, 0.717) is 11.8 Å². The van der Waals surface area contributed by atoms with Gasteiger partial charge in [0.15, 0.2) is 0 Å². The van der Waals surface area contributed by atoms with Crippen LogP contribution in [-0.2, 0) is 0 Å². The summed E-state index contributed by atoms with van der Waals surface area (Å²) in [5.41, 5.74) is 2.19. The topological polar surface area (TPSA) is 47.6 Å². The average Bonchev–Trinajstić information content (AvgIpc) is 2.72. The summed E-state index contributed by atoms with van der Waals surface area (Å²) in [5.74, 6) is 3.17. The summed E-state index contributed by atoms with van der Waals surface area (Å²) in [6.07, 6.45) is 17.2. The van der Waals surface area contributed by atoms with Crippen LogP contribution in [-0.4, -0.2) is 0 Å². The molecular formula is C24H30N2. The van der Waals surface area contributed by atoms with E-state index in [1.165, 1.54) is 69.8 Å². The van der Waals surface area contributed by atoms with Crippen LogP contribution in [0.1, 0.15) is 81.3 Å². The molecule has 2 heteroatoms. The van der Waals surface area contributed by atoms with Gasteiger partial charge in [-0.05, 0) is 92.7 Å². The van der Waals surface area contributed by atoms with Crippen molar-refractivity contribution < 1.29 is 0 Å². The predicted octanol–water partition coefficient (Wildman–Crippen LogP) is 6.50. The maximum atomic E-state index is 8.93. The Balaban J connectivity index is 1.36. The molecule has 136 valence electrons. The molecule has 0 aromatic heterocycles. The molecule has 2 aliphatic rings. The third-order valence-electron chi connectivity index (χ3n) is 6.68. The van der Waals surface area contributed by atoms with Crippen molar-refractivity contribution in [1.82, 2.24) is 0 Å². The van der Waals surface area contributed by atoms with Crippen LogP contribution in [0.4, 0.5) is 0 Å². The Hall–Kier alpha value is -2.06. The fourth-order valence-corrected chi connectivity index (χ4v) is 4.93. The minimum atomic E-state index is 0.647. The van der Waals surface area contributed by atoms with Gasteiger partial charge in [0, 0.05) is 6.08 Å². The van der Waals surface area contributed by atoms with Gasteiger partial charge in [0.1, 0.15) is 0 Å². The van der Waals surface area contributed by atoms with Crippen molar-refractivity contribution in [3.63, 3.8) is 0 Å². The number of hydrogen-bond acceptors (Lipinski definition) is 2. The van der Waals surface area contributed by atoms with Crippen molar-refractivity contribution in [2.24, 2.45) is 17.8 Å². The van der Waals surface area contributed by atoms with Gasteiger partial charge in [0.25, 0.3) is 0 Å². The van der Waals surface area contributed by atoms with Crippen LogP contribution in [0, 0.1) is 40.4 Å². The van der Waals surface area contributed by atoms with Gasteiger partial charge in [-0.15, -0.1) is 0 Å². The van der Waals surface area contributed by atoms with Crippen LogP contribution in [0.25, 0.3) is 0 Å². The van der Waals surface area contributed by atoms with E-state index in [2.05, 4.69) is 30.3 Å². The maximum Gasteiger partial charge on any atom is 0.0991 e. The maximum absolute atomic E-state index is 8.93. The molecule has 26 heavy (non-hydrogen) atoms. The zero-order valence-corrected chi connectivity index (χ0v) is 15.7. The summed E-state index contributed by atoms with van der Waals surface area (Å²) in [7, 11) is 0. The minimum Gasteiger partial charge on any atom is -0.193 e. The Labute approximate surface area is 158 Å². The van der Waals surface area contributed by atoms with Crippen molar-refractivity contribution in [2.45, 2.75) is 70.1 Å². The average molecular weight is 347 g/mol. The Bertz CT molecular complexity index is 658. The second kappa shape index (κ2) is 9.59. The van der Waals surface area contributed by atoms with E-state index in [9.17, 15) is 0 Å². The highest BCUT2D eigenvalue weighted by Crippen LogP contribution is 2.39. The zero-order chi connectivity index (χ0) is 18.2. The third kappa shape index (κ3) is 5.22. The zero-order valence-electron chi connectivity index (χ0n) is 15.7. The molecule has 0 aliphatic heterocycles. The van der Waals surface area contributed by atoms with Crippen LogP contribution in [0.2, 0.25) is 0 Å². The van der Waals surface area contributed by atoms with Crippen LogP contribution in [0.3, 0.4) is 0 Å². The molecule has 1 aromatic carbocycles. The summed E-state index contributed by atoms with van der Waals surface area (Å²) < 4.78 is 0. The van der Waals surface area contributed by atoms with Gasteiger partial charge in [0.2, 0.25) is 0 Å². The Kier molecular flexibility index (Phi) is 6.90. The fourth-order valence-electron chi connectivity index (χ4n) is 4.93. The fraction of sp³-hybridized carbons (Fsp3) is 0.583. The SMILES string of the molecule is N#C/C=C/[C@H]1CC[C@H](CC[C@H]2CC[C@H](c3ccc(C#N)cc3)CC2)CC1. The molecule has 3 rings (SSSR count). The van der Waals surface area contributed by atoms with E-state index in [4.69, 9.17) is 10.5 Å². The van der Waals surface area contributed by atoms with Gasteiger partial charge in [0.05, 0.1) is 17.7 Å². The molecule has 0 radical (unpaired) electrons. The number of hydrogen-bond donors (Lipinski definition) is 0. The lowest BCUT2D eigenvalue weighted by molar-refractivity contribution is 0.246. The molecule has 2 nitrogen and oxygen atoms in total. The third-order valence-corrected chi connectivity index (χ3v) is 6.68. The van der Waals surface area contributed by atoms with Gasteiger partial charge in [-0.25, -0.2) is 0 Å². The van der Waals surface area contributed by atoms with Crippen molar-refractivity contribution in [1.29, 1.82) is 10.5 Å². The molecule has 2 aliphatic carbocycles. The molecule has 2 saturated carbocycles. The summed E-state index contributed by atoms with van der Waals surface area (Å²) in [4.78, 5) is 0. The van der Waals surface area contributed by atoms with Gasteiger partial charge in [-0.1, -0.05) is 31.1 Å². The first-order valence-electron chi connectivity index (χ1n) is 10.3. The Morgan fingerprint density at radius 3 is 1.92 bits per heavy atom. The van der Waals surface area contributed by atoms with Crippen molar-refractivity contribution in [2.75, 3.05) is 0 Å². The summed E-state index contributed by atoms with van der Waals surface area (Å²) in [6, 6.07) is 12.6. The van der Waals surface area contributed by atoms with Gasteiger partial charge < -0.3 is 0 Å². The van der Waals surface area contributed by atoms with E-state index in [1.54, 1.807) is 6.08 Å². The lowest BCUT2D eigenvalue weighted by Crippen LogP contribution is -2.17. The van der Waals surface area contributed by atoms with Gasteiger partial charge >= 0.3 is 0 Å². The number of benzene rings is 1. The molecule has 0 spiro atoms. The lowest BCUT2D eigenvalue weighted by Gasteiger charge is -2.31. The first kappa shape index (κ1) is 18.7. The summed E-state index contributed by atoms with van der Waals surface area (Å²) >= 11 is 0. The quantitative estimate of drug-likeness (QED) is 0.571. The van der Waals surface area contributed by atoms with Crippen molar-refractivity contribution >= 4 is 0 Å². The highest BCUT2D eigenvalue weighted by Gasteiger charge is 2.24. The molecule has 0 bridgehead atoms. The molecule has 1 aromatic rings. The summed E-state index contributed by atoms with van der Waals surface area (Å²) in [6.45, 7) is 0. The second-order valence-electron chi connectivity index (χ2n) is 8.30. The van der Waals surface area contributed by atoms with E-state index >= 15 is 0 Å². The molecular weight excluding hydrogens is 316 g/mol. The molecule has 0 atom stereocenters. The van der Waals surface area contributed by atoms with Crippen LogP contribution < -0.4 is 0 Å². The molecule has 0 amide bonds. The number of nitrogens with zero attached hydrogens (tertiary/aromatic N) is 2. The standard InChI is InChI=1S/C24H30N2/c25-17-1-2-19-3-5-20(6-4-19)7-8-21-9-13-23(14-10-21)24-15-11-22(18-26)12-16-24/h1-2,11-12,15-16,19-21,23H,3-10,13-14H2/b2-1+/t19-,20-,21-,23-. The smallest absolute Gasteiger partial charge is 0.0991 e. The lowest BCUT2D eigenvalue weighted by atomic mass is 9.74. The Morgan fingerprint density at radius 2 is 1.38 bits per heavy atom. The van der Waals surface area contributed by atoms with E-state index in [-0.39, 0.29) is 0 Å². The van der Waals surface area contributed by atoms with E-state index in [0.717, 1.165) is 17.4 Å². The highest BCUT2D eigenvalue weighted by atomic mass is 14.3. The molecule has 0 saturated heterocycles. The molecule has 0 heterocycles. The van der Waals surface area contributed by atoms with Gasteiger partial charge in [-0.3, -0.25) is 0 Å². The number of allylic oxidation sites excluding steroid dienone is 2. The van der Waals surface area contributed by atoms with Crippen LogP contribution in [0.15, 0.2) is 36.4 Å². The summed E-state index contributed by atoms with van der Waals surface area (Å²) in [5, 5.41) is 17.6. The van der Waals surface area contributed by atoms with E-state index < -0.39 is 0 Å². The molecule has 2 fully saturated rings. The normalized spacial score (nSPS) is 29.2. The highest BCUT2D eigenvalue weighted by molar-refractivity contribution is 5.33. The largest absolute Gasteiger partial charge is 0.193 e. The Morgan fingerprint density at radius 1 is 0.808 bits per heavy atom. The van der Waals surface area contributed by atoms with Crippen molar-refractivity contribution in [3.8, 4) is 12.1 Å². The first-order chi connectivity index (χ1) is 12.8. The van der Waals surface area contributed by atoms with Crippen molar-refractivity contribution in [3.05, 3.63) is 47.5 Å². The first-order valence-corrected chi connectivity index (χ1v) is 10.3. The minimum absolute atomic E-state index is 0.647. The number of nitriles is 2.